The molecule has 1 N–H and O–H groups in total. The molecule has 0 radical (unpaired) electrons. The zero-order valence-corrected chi connectivity index (χ0v) is 16.7. The molecular formula is C19H19ClN6S. The van der Waals surface area contributed by atoms with Crippen LogP contribution in [0.25, 0.3) is 16.7 Å². The summed E-state index contributed by atoms with van der Waals surface area (Å²) in [7, 11) is 0. The molecule has 6 nitrogen and oxygen atoms in total. The molecule has 0 amide bonds. The van der Waals surface area contributed by atoms with Crippen LogP contribution in [0.4, 0.5) is 5.69 Å². The Kier molecular flexibility index (Phi) is 6.32. The first-order valence-corrected chi connectivity index (χ1v) is 10.2. The number of hydrogen-bond donors (Lipinski definition) is 1. The predicted molar refractivity (Wildman–Crippen MR) is 112 cm³/mol. The summed E-state index contributed by atoms with van der Waals surface area (Å²) in [6.07, 6.45) is 7.14. The summed E-state index contributed by atoms with van der Waals surface area (Å²) in [5.41, 5.74) is 4.12. The monoisotopic (exact) mass is 398 g/mol. The number of aromatic nitrogens is 3. The lowest BCUT2D eigenvalue weighted by Crippen LogP contribution is -2.12. The van der Waals surface area contributed by atoms with Crippen LogP contribution in [0, 0.1) is 11.5 Å². The molecule has 0 atom stereocenters. The van der Waals surface area contributed by atoms with Crippen LogP contribution < -0.4 is 5.32 Å². The molecule has 0 bridgehead atoms. The number of rotatable bonds is 5. The summed E-state index contributed by atoms with van der Waals surface area (Å²) in [5, 5.41) is 21.3. The zero-order chi connectivity index (χ0) is 19.2. The van der Waals surface area contributed by atoms with Crippen LogP contribution in [-0.2, 0) is 6.42 Å². The molecule has 27 heavy (non-hydrogen) atoms. The third-order valence-electron chi connectivity index (χ3n) is 4.01. The highest BCUT2D eigenvalue weighted by Gasteiger charge is 2.10. The van der Waals surface area contributed by atoms with Crippen molar-refractivity contribution in [3.8, 4) is 11.9 Å². The Labute approximate surface area is 167 Å². The number of amidine groups is 1. The molecule has 0 aliphatic rings. The van der Waals surface area contributed by atoms with E-state index in [1.54, 1.807) is 16.9 Å². The van der Waals surface area contributed by atoms with E-state index in [9.17, 15) is 0 Å². The average Bonchev–Trinajstić information content (AvgIpc) is 3.09. The number of aryl methyl sites for hydroxylation is 1. The number of fused-ring (bicyclic) bond motifs is 1. The second kappa shape index (κ2) is 8.89. The SMILES string of the molecule is CCCCc1ccc(-n2nc3cc(Cl)c(N=C(NC#N)SC)cc3n2)cc1. The molecule has 2 aromatic carbocycles. The van der Waals surface area contributed by atoms with Gasteiger partial charge >= 0.3 is 0 Å². The Balaban J connectivity index is 1.92. The maximum atomic E-state index is 8.77. The topological polar surface area (TPSA) is 78.9 Å². The van der Waals surface area contributed by atoms with Gasteiger partial charge in [-0.2, -0.15) is 10.1 Å². The largest absolute Gasteiger partial charge is 0.271 e. The highest BCUT2D eigenvalue weighted by Crippen LogP contribution is 2.30. The van der Waals surface area contributed by atoms with Crippen LogP contribution in [0.2, 0.25) is 5.02 Å². The van der Waals surface area contributed by atoms with Crippen LogP contribution in [-0.4, -0.2) is 26.4 Å². The highest BCUT2D eigenvalue weighted by atomic mass is 35.5. The van der Waals surface area contributed by atoms with Crippen molar-refractivity contribution in [3.05, 3.63) is 47.0 Å². The lowest BCUT2D eigenvalue weighted by Gasteiger charge is -2.02. The number of benzene rings is 2. The number of unbranched alkanes of at least 4 members (excludes halogenated alkanes) is 1. The fraction of sp³-hybridized carbons (Fsp3) is 0.263. The molecule has 3 aromatic rings. The summed E-state index contributed by atoms with van der Waals surface area (Å²) in [6, 6.07) is 11.8. The smallest absolute Gasteiger partial charge is 0.183 e. The molecule has 0 spiro atoms. The second-order valence-electron chi connectivity index (χ2n) is 5.91. The minimum Gasteiger partial charge on any atom is -0.271 e. The number of hydrogen-bond acceptors (Lipinski definition) is 5. The van der Waals surface area contributed by atoms with Gasteiger partial charge in [-0.1, -0.05) is 48.8 Å². The van der Waals surface area contributed by atoms with Crippen molar-refractivity contribution in [2.45, 2.75) is 26.2 Å². The lowest BCUT2D eigenvalue weighted by atomic mass is 10.1. The summed E-state index contributed by atoms with van der Waals surface area (Å²) >= 11 is 7.65. The molecule has 8 heteroatoms. The van der Waals surface area contributed by atoms with Gasteiger partial charge in [0, 0.05) is 0 Å². The minimum atomic E-state index is 0.454. The van der Waals surface area contributed by atoms with E-state index >= 15 is 0 Å². The predicted octanol–water partition coefficient (Wildman–Crippen LogP) is 4.84. The van der Waals surface area contributed by atoms with Gasteiger partial charge in [-0.15, -0.1) is 10.2 Å². The van der Waals surface area contributed by atoms with Crippen molar-refractivity contribution in [2.24, 2.45) is 4.99 Å². The third kappa shape index (κ3) is 4.59. The van der Waals surface area contributed by atoms with Gasteiger partial charge in [-0.3, -0.25) is 5.32 Å². The summed E-state index contributed by atoms with van der Waals surface area (Å²) in [6.45, 7) is 2.19. The highest BCUT2D eigenvalue weighted by molar-refractivity contribution is 8.13. The fourth-order valence-electron chi connectivity index (χ4n) is 2.59. The molecule has 0 saturated carbocycles. The van der Waals surface area contributed by atoms with Crippen molar-refractivity contribution < 1.29 is 0 Å². The van der Waals surface area contributed by atoms with E-state index in [1.807, 2.05) is 24.6 Å². The quantitative estimate of drug-likeness (QED) is 0.288. The minimum absolute atomic E-state index is 0.454. The Morgan fingerprint density at radius 2 is 1.96 bits per heavy atom. The maximum absolute atomic E-state index is 8.77. The summed E-state index contributed by atoms with van der Waals surface area (Å²) < 4.78 is 0. The number of halogens is 1. The van der Waals surface area contributed by atoms with Gasteiger partial charge in [0.25, 0.3) is 0 Å². The van der Waals surface area contributed by atoms with Gasteiger partial charge in [-0.25, -0.2) is 4.99 Å². The van der Waals surface area contributed by atoms with Crippen LogP contribution in [0.15, 0.2) is 41.4 Å². The molecule has 0 saturated heterocycles. The number of nitrogens with zero attached hydrogens (tertiary/aromatic N) is 5. The molecule has 0 aliphatic heterocycles. The first-order valence-electron chi connectivity index (χ1n) is 8.58. The molecule has 138 valence electrons. The lowest BCUT2D eigenvalue weighted by molar-refractivity contribution is 0.762. The third-order valence-corrected chi connectivity index (χ3v) is 4.90. The Bertz CT molecular complexity index is 1000. The van der Waals surface area contributed by atoms with Crippen molar-refractivity contribution in [1.82, 2.24) is 20.3 Å². The molecule has 1 aromatic heterocycles. The van der Waals surface area contributed by atoms with Crippen molar-refractivity contribution in [3.63, 3.8) is 0 Å². The number of aliphatic imine (C=N–C) groups is 1. The molecule has 1 heterocycles. The summed E-state index contributed by atoms with van der Waals surface area (Å²) in [4.78, 5) is 5.97. The van der Waals surface area contributed by atoms with Gasteiger partial charge in [0.15, 0.2) is 11.4 Å². The molecule has 0 aliphatic carbocycles. The number of nitriles is 1. The van der Waals surface area contributed by atoms with E-state index in [-0.39, 0.29) is 0 Å². The van der Waals surface area contributed by atoms with Gasteiger partial charge in [0.2, 0.25) is 0 Å². The standard InChI is InChI=1S/C19H19ClN6S/c1-3-4-5-13-6-8-14(9-7-13)26-24-17-10-15(20)16(11-18(17)25-26)23-19(27-2)22-12-21/h6-11H,3-5H2,1-2H3,(H,22,23). The van der Waals surface area contributed by atoms with Gasteiger partial charge in [0.05, 0.1) is 16.4 Å². The van der Waals surface area contributed by atoms with Crippen molar-refractivity contribution in [1.29, 1.82) is 5.26 Å². The molecule has 0 fully saturated rings. The maximum Gasteiger partial charge on any atom is 0.183 e. The van der Waals surface area contributed by atoms with Crippen molar-refractivity contribution >= 4 is 45.3 Å². The molecule has 3 rings (SSSR count). The van der Waals surface area contributed by atoms with E-state index in [0.717, 1.165) is 12.1 Å². The van der Waals surface area contributed by atoms with E-state index in [4.69, 9.17) is 16.9 Å². The fourth-order valence-corrected chi connectivity index (χ4v) is 3.12. The Hall–Kier alpha value is -2.56. The van der Waals surface area contributed by atoms with E-state index in [2.05, 4.69) is 39.6 Å². The van der Waals surface area contributed by atoms with Gasteiger partial charge < -0.3 is 0 Å². The van der Waals surface area contributed by atoms with Crippen LogP contribution in [0.5, 0.6) is 0 Å². The van der Waals surface area contributed by atoms with Gasteiger partial charge in [-0.05, 0) is 48.9 Å². The molecular weight excluding hydrogens is 380 g/mol. The first kappa shape index (κ1) is 19.2. The van der Waals surface area contributed by atoms with Crippen molar-refractivity contribution in [2.75, 3.05) is 6.26 Å². The van der Waals surface area contributed by atoms with E-state index < -0.39 is 0 Å². The van der Waals surface area contributed by atoms with E-state index in [1.165, 1.54) is 30.2 Å². The second-order valence-corrected chi connectivity index (χ2v) is 7.11. The number of nitrogens with one attached hydrogen (secondary N) is 1. The van der Waals surface area contributed by atoms with Crippen LogP contribution in [0.1, 0.15) is 25.3 Å². The van der Waals surface area contributed by atoms with Gasteiger partial charge in [0.1, 0.15) is 11.0 Å². The molecule has 0 unspecified atom stereocenters. The zero-order valence-electron chi connectivity index (χ0n) is 15.1. The van der Waals surface area contributed by atoms with Crippen LogP contribution >= 0.6 is 23.4 Å². The Morgan fingerprint density at radius 3 is 2.59 bits per heavy atom. The summed E-state index contributed by atoms with van der Waals surface area (Å²) in [5.74, 6) is 0. The Morgan fingerprint density at radius 1 is 1.26 bits per heavy atom. The van der Waals surface area contributed by atoms with E-state index in [0.29, 0.717) is 26.9 Å². The first-order chi connectivity index (χ1) is 13.1. The number of thioether (sulfide) groups is 1. The normalized spacial score (nSPS) is 11.6. The average molecular weight is 399 g/mol. The van der Waals surface area contributed by atoms with Crippen LogP contribution in [0.3, 0.4) is 0 Å².